The van der Waals surface area contributed by atoms with Gasteiger partial charge in [-0.25, -0.2) is 5.32 Å². The number of nitrogens with one attached hydrogen (secondary N) is 1. The zero-order chi connectivity index (χ0) is 35.6. The molecule has 0 spiro atoms. The van der Waals surface area contributed by atoms with E-state index in [2.05, 4.69) is 209 Å². The van der Waals surface area contributed by atoms with Crippen molar-refractivity contribution in [1.82, 2.24) is 9.88 Å². The van der Waals surface area contributed by atoms with E-state index in [4.69, 9.17) is 4.42 Å². The second-order valence-corrected chi connectivity index (χ2v) is 14.0. The molecule has 0 saturated carbocycles. The lowest BCUT2D eigenvalue weighted by Crippen LogP contribution is -2.51. The van der Waals surface area contributed by atoms with Gasteiger partial charge in [-0.2, -0.15) is 4.58 Å². The summed E-state index contributed by atoms with van der Waals surface area (Å²) in [5, 5.41) is 8.44. The highest BCUT2D eigenvalue weighted by Crippen LogP contribution is 2.42. The van der Waals surface area contributed by atoms with E-state index in [1.165, 1.54) is 27.4 Å². The quantitative estimate of drug-likeness (QED) is 0.176. The number of hydrogen-bond acceptors (Lipinski definition) is 2. The fraction of sp³-hybridized carbons (Fsp3) is 0.0200. The summed E-state index contributed by atoms with van der Waals surface area (Å²) in [7, 11) is 0. The van der Waals surface area contributed by atoms with E-state index in [1.807, 2.05) is 0 Å². The Balaban J connectivity index is 1.05. The van der Waals surface area contributed by atoms with Crippen molar-refractivity contribution >= 4 is 55.3 Å². The van der Waals surface area contributed by atoms with Gasteiger partial charge < -0.3 is 8.98 Å². The molecule has 254 valence electrons. The van der Waals surface area contributed by atoms with E-state index in [-0.39, 0.29) is 6.17 Å². The third-order valence-electron chi connectivity index (χ3n) is 10.9. The maximum Gasteiger partial charge on any atom is 0.289 e. The van der Waals surface area contributed by atoms with Crippen molar-refractivity contribution in [3.8, 4) is 27.9 Å². The van der Waals surface area contributed by atoms with Gasteiger partial charge in [0.25, 0.3) is 12.0 Å². The lowest BCUT2D eigenvalue weighted by molar-refractivity contribution is -0.531. The molecule has 0 bridgehead atoms. The fourth-order valence-corrected chi connectivity index (χ4v) is 8.36. The number of amidine groups is 1. The van der Waals surface area contributed by atoms with Crippen LogP contribution < -0.4 is 5.32 Å². The van der Waals surface area contributed by atoms with Gasteiger partial charge in [0.1, 0.15) is 16.9 Å². The Morgan fingerprint density at radius 2 is 1.02 bits per heavy atom. The zero-order valence-corrected chi connectivity index (χ0v) is 29.4. The second kappa shape index (κ2) is 12.2. The maximum absolute atomic E-state index is 6.82. The normalized spacial score (nSPS) is 14.2. The van der Waals surface area contributed by atoms with Crippen molar-refractivity contribution in [2.45, 2.75) is 6.17 Å². The first-order valence-electron chi connectivity index (χ1n) is 18.5. The van der Waals surface area contributed by atoms with Gasteiger partial charge in [0, 0.05) is 43.9 Å². The highest BCUT2D eigenvalue weighted by atomic mass is 16.3. The van der Waals surface area contributed by atoms with E-state index >= 15 is 0 Å². The minimum absolute atomic E-state index is 0.0489. The number of benzene rings is 8. The third-order valence-corrected chi connectivity index (χ3v) is 10.9. The Hall–Kier alpha value is -7.17. The molecule has 10 aromatic rings. The van der Waals surface area contributed by atoms with Crippen LogP contribution in [0.25, 0.3) is 71.7 Å². The highest BCUT2D eigenvalue weighted by Gasteiger charge is 2.40. The summed E-state index contributed by atoms with van der Waals surface area (Å²) in [4.78, 5) is 0. The molecule has 54 heavy (non-hydrogen) atoms. The Morgan fingerprint density at radius 1 is 0.444 bits per heavy atom. The molecule has 2 aromatic heterocycles. The fourth-order valence-electron chi connectivity index (χ4n) is 8.36. The Bertz CT molecular complexity index is 3050. The van der Waals surface area contributed by atoms with E-state index in [0.29, 0.717) is 0 Å². The Labute approximate surface area is 312 Å². The van der Waals surface area contributed by atoms with E-state index < -0.39 is 0 Å². The molecule has 3 heterocycles. The molecule has 0 amide bonds. The molecule has 0 aliphatic carbocycles. The molecule has 1 aliphatic heterocycles. The molecule has 0 saturated heterocycles. The standard InChI is InChI=1S/C50H33N3O/c1-4-14-33(15-5-1)39-21-12-23-43-44-24-13-22-40(48(44)54-47(39)43)36-26-31-42-41-20-10-11-25-45(41)52(46(42)32-36)37-27-29-38(30-28-37)53-49(34-16-6-2-7-17-34)51-50(53)35-18-8-3-9-19-35/h1-32,49H/p+1. The molecule has 1 N–H and O–H groups in total. The minimum Gasteiger partial charge on any atom is -0.455 e. The third kappa shape index (κ3) is 4.74. The number of nitrogens with zero attached hydrogens (tertiary/aromatic N) is 2. The van der Waals surface area contributed by atoms with Crippen molar-refractivity contribution in [1.29, 1.82) is 0 Å². The average Bonchev–Trinajstić information content (AvgIpc) is 3.78. The summed E-state index contributed by atoms with van der Waals surface area (Å²) in [6.45, 7) is 0. The average molecular weight is 693 g/mol. The molecule has 0 radical (unpaired) electrons. The van der Waals surface area contributed by atoms with Crippen LogP contribution >= 0.6 is 0 Å². The lowest BCUT2D eigenvalue weighted by Gasteiger charge is -2.29. The number of para-hydroxylation sites is 3. The molecule has 1 aliphatic rings. The lowest BCUT2D eigenvalue weighted by atomic mass is 9.99. The first-order chi connectivity index (χ1) is 26.8. The van der Waals surface area contributed by atoms with Crippen LogP contribution in [-0.4, -0.2) is 15.0 Å². The number of fused-ring (bicyclic) bond motifs is 6. The number of hydrogen-bond donors (Lipinski definition) is 1. The van der Waals surface area contributed by atoms with Crippen LogP contribution in [0.4, 0.5) is 5.69 Å². The molecular weight excluding hydrogens is 659 g/mol. The first-order valence-corrected chi connectivity index (χ1v) is 18.5. The van der Waals surface area contributed by atoms with Gasteiger partial charge in [-0.05, 0) is 59.7 Å². The predicted molar refractivity (Wildman–Crippen MR) is 222 cm³/mol. The van der Waals surface area contributed by atoms with Gasteiger partial charge >= 0.3 is 0 Å². The van der Waals surface area contributed by atoms with E-state index in [0.717, 1.165) is 66.9 Å². The summed E-state index contributed by atoms with van der Waals surface area (Å²) < 4.78 is 11.6. The van der Waals surface area contributed by atoms with Crippen LogP contribution in [0, 0.1) is 0 Å². The molecule has 0 fully saturated rings. The van der Waals surface area contributed by atoms with Crippen LogP contribution in [0.3, 0.4) is 0 Å². The summed E-state index contributed by atoms with van der Waals surface area (Å²) in [6, 6.07) is 69.2. The molecule has 11 rings (SSSR count). The Kier molecular flexibility index (Phi) is 6.89. The molecule has 1 unspecified atom stereocenters. The van der Waals surface area contributed by atoms with Gasteiger partial charge in [0.05, 0.1) is 16.6 Å². The van der Waals surface area contributed by atoms with Gasteiger partial charge in [0.2, 0.25) is 0 Å². The SMILES string of the molecule is c1ccc(C2=[N+](c3ccc(-n4c5ccccc5c5ccc(-c6cccc7c6oc6c(-c8ccccc8)cccc67)cc54)cc3)C(c3ccccc3)N2)cc1. The van der Waals surface area contributed by atoms with E-state index in [9.17, 15) is 0 Å². The van der Waals surface area contributed by atoms with Crippen LogP contribution in [0.1, 0.15) is 17.3 Å². The summed E-state index contributed by atoms with van der Waals surface area (Å²) in [6.07, 6.45) is 0.0489. The van der Waals surface area contributed by atoms with E-state index in [1.54, 1.807) is 0 Å². The molecular formula is C50H34N3O+. The summed E-state index contributed by atoms with van der Waals surface area (Å²) >= 11 is 0. The van der Waals surface area contributed by atoms with Crippen molar-refractivity contribution in [2.75, 3.05) is 0 Å². The number of furan rings is 1. The second-order valence-electron chi connectivity index (χ2n) is 14.0. The smallest absolute Gasteiger partial charge is 0.289 e. The zero-order valence-electron chi connectivity index (χ0n) is 29.4. The van der Waals surface area contributed by atoms with Crippen LogP contribution in [0.5, 0.6) is 0 Å². The van der Waals surface area contributed by atoms with Gasteiger partial charge in [0.15, 0.2) is 0 Å². The maximum atomic E-state index is 6.82. The van der Waals surface area contributed by atoms with Crippen molar-refractivity contribution in [3.05, 3.63) is 205 Å². The van der Waals surface area contributed by atoms with Crippen molar-refractivity contribution < 1.29 is 8.99 Å². The largest absolute Gasteiger partial charge is 0.455 e. The molecule has 8 aromatic carbocycles. The number of aromatic nitrogens is 1. The predicted octanol–water partition coefficient (Wildman–Crippen LogP) is 12.4. The van der Waals surface area contributed by atoms with Crippen LogP contribution in [0.15, 0.2) is 199 Å². The van der Waals surface area contributed by atoms with Crippen molar-refractivity contribution in [3.63, 3.8) is 0 Å². The monoisotopic (exact) mass is 692 g/mol. The van der Waals surface area contributed by atoms with Crippen molar-refractivity contribution in [2.24, 2.45) is 0 Å². The van der Waals surface area contributed by atoms with Gasteiger partial charge in [-0.15, -0.1) is 0 Å². The van der Waals surface area contributed by atoms with Crippen LogP contribution in [0.2, 0.25) is 0 Å². The Morgan fingerprint density at radius 3 is 1.72 bits per heavy atom. The summed E-state index contributed by atoms with van der Waals surface area (Å²) in [5.74, 6) is 1.11. The number of rotatable bonds is 6. The molecule has 4 nitrogen and oxygen atoms in total. The first kappa shape index (κ1) is 30.5. The minimum atomic E-state index is 0.0489. The van der Waals surface area contributed by atoms with Gasteiger partial charge in [-0.1, -0.05) is 146 Å². The highest BCUT2D eigenvalue weighted by molar-refractivity contribution is 6.14. The summed E-state index contributed by atoms with van der Waals surface area (Å²) in [5.41, 5.74) is 13.3. The topological polar surface area (TPSA) is 33.1 Å². The molecule has 1 atom stereocenters. The van der Waals surface area contributed by atoms with Crippen LogP contribution in [-0.2, 0) is 0 Å². The molecule has 4 heteroatoms. The van der Waals surface area contributed by atoms with Gasteiger partial charge in [-0.3, -0.25) is 0 Å².